The van der Waals surface area contributed by atoms with Crippen molar-refractivity contribution in [2.75, 3.05) is 18.2 Å². The molecule has 20 heavy (non-hydrogen) atoms. The van der Waals surface area contributed by atoms with Crippen LogP contribution in [0.25, 0.3) is 0 Å². The number of nitrogen functional groups attached to an aromatic ring is 1. The van der Waals surface area contributed by atoms with Crippen molar-refractivity contribution < 1.29 is 9.53 Å². The minimum Gasteiger partial charge on any atom is -0.495 e. The highest BCUT2D eigenvalue weighted by molar-refractivity contribution is 5.91. The molecule has 1 amide bonds. The van der Waals surface area contributed by atoms with E-state index in [1.807, 2.05) is 18.2 Å². The normalized spacial score (nSPS) is 10.1. The number of aromatic nitrogens is 1. The van der Waals surface area contributed by atoms with Crippen molar-refractivity contribution in [1.29, 1.82) is 0 Å². The number of rotatable bonds is 5. The third kappa shape index (κ3) is 3.71. The standard InChI is InChI=1S/C15H17N3O2/c1-20-14-10-12(5-7-13(14)16)18-15(19)8-6-11-4-2-3-9-17-11/h2-5,7,9-10H,6,8,16H2,1H3,(H,18,19). The summed E-state index contributed by atoms with van der Waals surface area (Å²) < 4.78 is 5.11. The lowest BCUT2D eigenvalue weighted by molar-refractivity contribution is -0.116. The average molecular weight is 271 g/mol. The highest BCUT2D eigenvalue weighted by Crippen LogP contribution is 2.24. The second-order valence-corrected chi connectivity index (χ2v) is 4.33. The van der Waals surface area contributed by atoms with Crippen LogP contribution in [-0.4, -0.2) is 18.0 Å². The van der Waals surface area contributed by atoms with Crippen LogP contribution in [0.5, 0.6) is 5.75 Å². The van der Waals surface area contributed by atoms with Crippen LogP contribution in [0.1, 0.15) is 12.1 Å². The van der Waals surface area contributed by atoms with Gasteiger partial charge in [0.1, 0.15) is 5.75 Å². The van der Waals surface area contributed by atoms with Crippen LogP contribution in [0, 0.1) is 0 Å². The van der Waals surface area contributed by atoms with Gasteiger partial charge in [-0.2, -0.15) is 0 Å². The van der Waals surface area contributed by atoms with E-state index in [9.17, 15) is 4.79 Å². The van der Waals surface area contributed by atoms with Gasteiger partial charge in [-0.25, -0.2) is 0 Å². The van der Waals surface area contributed by atoms with E-state index < -0.39 is 0 Å². The molecule has 0 aliphatic heterocycles. The minimum atomic E-state index is -0.0672. The lowest BCUT2D eigenvalue weighted by Gasteiger charge is -2.09. The summed E-state index contributed by atoms with van der Waals surface area (Å²) in [5.41, 5.74) is 7.83. The monoisotopic (exact) mass is 271 g/mol. The maximum atomic E-state index is 11.9. The maximum Gasteiger partial charge on any atom is 0.224 e. The Morgan fingerprint density at radius 3 is 2.90 bits per heavy atom. The minimum absolute atomic E-state index is 0.0672. The van der Waals surface area contributed by atoms with Crippen LogP contribution >= 0.6 is 0 Å². The summed E-state index contributed by atoms with van der Waals surface area (Å²) in [4.78, 5) is 16.0. The summed E-state index contributed by atoms with van der Waals surface area (Å²) in [6.07, 6.45) is 2.71. The molecule has 0 saturated carbocycles. The summed E-state index contributed by atoms with van der Waals surface area (Å²) >= 11 is 0. The molecule has 0 unspecified atom stereocenters. The van der Waals surface area contributed by atoms with Gasteiger partial charge in [0.25, 0.3) is 0 Å². The van der Waals surface area contributed by atoms with Gasteiger partial charge in [0, 0.05) is 30.1 Å². The first-order valence-electron chi connectivity index (χ1n) is 6.32. The Morgan fingerprint density at radius 1 is 1.35 bits per heavy atom. The molecule has 1 aromatic carbocycles. The molecule has 2 aromatic rings. The van der Waals surface area contributed by atoms with E-state index in [0.717, 1.165) is 5.69 Å². The molecule has 5 nitrogen and oxygen atoms in total. The van der Waals surface area contributed by atoms with Gasteiger partial charge in [0.05, 0.1) is 12.8 Å². The fourth-order valence-corrected chi connectivity index (χ4v) is 1.80. The van der Waals surface area contributed by atoms with Crippen LogP contribution in [0.2, 0.25) is 0 Å². The van der Waals surface area contributed by atoms with Crippen molar-refractivity contribution in [1.82, 2.24) is 4.98 Å². The maximum absolute atomic E-state index is 11.9. The number of benzene rings is 1. The summed E-state index contributed by atoms with van der Waals surface area (Å²) in [5.74, 6) is 0.481. The quantitative estimate of drug-likeness (QED) is 0.818. The average Bonchev–Trinajstić information content (AvgIpc) is 2.48. The molecule has 0 aliphatic rings. The number of nitrogens with one attached hydrogen (secondary N) is 1. The van der Waals surface area contributed by atoms with Gasteiger partial charge >= 0.3 is 0 Å². The van der Waals surface area contributed by atoms with E-state index in [1.54, 1.807) is 31.5 Å². The molecule has 1 aromatic heterocycles. The SMILES string of the molecule is COc1cc(NC(=O)CCc2ccccn2)ccc1N. The van der Waals surface area contributed by atoms with E-state index >= 15 is 0 Å². The number of ether oxygens (including phenoxy) is 1. The van der Waals surface area contributed by atoms with Crippen molar-refractivity contribution in [3.63, 3.8) is 0 Å². The Labute approximate surface area is 117 Å². The number of carbonyl (C=O) groups is 1. The second-order valence-electron chi connectivity index (χ2n) is 4.33. The highest BCUT2D eigenvalue weighted by Gasteiger charge is 2.06. The second kappa shape index (κ2) is 6.56. The van der Waals surface area contributed by atoms with Crippen LogP contribution in [0.15, 0.2) is 42.6 Å². The molecule has 0 spiro atoms. The topological polar surface area (TPSA) is 77.2 Å². The number of aryl methyl sites for hydroxylation is 1. The fraction of sp³-hybridized carbons (Fsp3) is 0.200. The van der Waals surface area contributed by atoms with Crippen LogP contribution < -0.4 is 15.8 Å². The van der Waals surface area contributed by atoms with Crippen molar-refractivity contribution in [2.45, 2.75) is 12.8 Å². The number of hydrogen-bond donors (Lipinski definition) is 2. The molecule has 0 radical (unpaired) electrons. The molecule has 1 heterocycles. The molecule has 2 rings (SSSR count). The van der Waals surface area contributed by atoms with Gasteiger partial charge in [-0.15, -0.1) is 0 Å². The van der Waals surface area contributed by atoms with Crippen molar-refractivity contribution >= 4 is 17.3 Å². The first-order valence-corrected chi connectivity index (χ1v) is 6.32. The highest BCUT2D eigenvalue weighted by atomic mass is 16.5. The van der Waals surface area contributed by atoms with Gasteiger partial charge in [-0.3, -0.25) is 9.78 Å². The summed E-state index contributed by atoms with van der Waals surface area (Å²) in [5, 5.41) is 2.81. The first kappa shape index (κ1) is 13.9. The van der Waals surface area contributed by atoms with E-state index in [2.05, 4.69) is 10.3 Å². The smallest absolute Gasteiger partial charge is 0.224 e. The number of anilines is 2. The lowest BCUT2D eigenvalue weighted by atomic mass is 10.2. The number of carbonyl (C=O) groups excluding carboxylic acids is 1. The summed E-state index contributed by atoms with van der Waals surface area (Å²) in [7, 11) is 1.54. The summed E-state index contributed by atoms with van der Waals surface area (Å²) in [6.45, 7) is 0. The Hall–Kier alpha value is -2.56. The number of nitrogens with two attached hydrogens (primary N) is 1. The molecule has 5 heteroatoms. The molecule has 104 valence electrons. The zero-order valence-electron chi connectivity index (χ0n) is 11.3. The number of amides is 1. The Bertz CT molecular complexity index is 585. The molecular formula is C15H17N3O2. The zero-order valence-corrected chi connectivity index (χ0v) is 11.3. The molecule has 0 atom stereocenters. The molecule has 3 N–H and O–H groups in total. The van der Waals surface area contributed by atoms with Crippen molar-refractivity contribution in [3.8, 4) is 5.75 Å². The Morgan fingerprint density at radius 2 is 2.20 bits per heavy atom. The number of nitrogens with zero attached hydrogens (tertiary/aromatic N) is 1. The van der Waals surface area contributed by atoms with Crippen molar-refractivity contribution in [2.24, 2.45) is 0 Å². The van der Waals surface area contributed by atoms with Crippen molar-refractivity contribution in [3.05, 3.63) is 48.3 Å². The Balaban J connectivity index is 1.91. The lowest BCUT2D eigenvalue weighted by Crippen LogP contribution is -2.12. The molecular weight excluding hydrogens is 254 g/mol. The predicted molar refractivity (Wildman–Crippen MR) is 78.6 cm³/mol. The molecule has 0 aliphatic carbocycles. The van der Waals surface area contributed by atoms with Gasteiger partial charge in [0.2, 0.25) is 5.91 Å². The van der Waals surface area contributed by atoms with Gasteiger partial charge < -0.3 is 15.8 Å². The predicted octanol–water partition coefficient (Wildman–Crippen LogP) is 2.24. The number of methoxy groups -OCH3 is 1. The summed E-state index contributed by atoms with van der Waals surface area (Å²) in [6, 6.07) is 10.8. The third-order valence-corrected chi connectivity index (χ3v) is 2.85. The third-order valence-electron chi connectivity index (χ3n) is 2.85. The van der Waals surface area contributed by atoms with Crippen LogP contribution in [0.4, 0.5) is 11.4 Å². The van der Waals surface area contributed by atoms with E-state index in [1.165, 1.54) is 0 Å². The number of pyridine rings is 1. The van der Waals surface area contributed by atoms with Crippen LogP contribution in [-0.2, 0) is 11.2 Å². The van der Waals surface area contributed by atoms with E-state index in [-0.39, 0.29) is 5.91 Å². The van der Waals surface area contributed by atoms with Gasteiger partial charge in [0.15, 0.2) is 0 Å². The fourth-order valence-electron chi connectivity index (χ4n) is 1.80. The zero-order chi connectivity index (χ0) is 14.4. The van der Waals surface area contributed by atoms with Gasteiger partial charge in [-0.1, -0.05) is 6.07 Å². The molecule has 0 saturated heterocycles. The Kier molecular flexibility index (Phi) is 4.55. The molecule has 0 bridgehead atoms. The van der Waals surface area contributed by atoms with Crippen LogP contribution in [0.3, 0.4) is 0 Å². The first-order chi connectivity index (χ1) is 9.69. The number of hydrogen-bond acceptors (Lipinski definition) is 4. The van der Waals surface area contributed by atoms with E-state index in [4.69, 9.17) is 10.5 Å². The van der Waals surface area contributed by atoms with Gasteiger partial charge in [-0.05, 0) is 30.7 Å². The molecule has 0 fully saturated rings. The van der Waals surface area contributed by atoms with E-state index in [0.29, 0.717) is 30.0 Å². The largest absolute Gasteiger partial charge is 0.495 e.